The lowest BCUT2D eigenvalue weighted by Gasteiger charge is -2.01. The van der Waals surface area contributed by atoms with Crippen molar-refractivity contribution in [2.24, 2.45) is 0 Å². The van der Waals surface area contributed by atoms with Gasteiger partial charge in [-0.1, -0.05) is 23.2 Å². The van der Waals surface area contributed by atoms with Gasteiger partial charge >= 0.3 is 0 Å². The van der Waals surface area contributed by atoms with Gasteiger partial charge in [0, 0.05) is 6.07 Å². The van der Waals surface area contributed by atoms with Gasteiger partial charge in [-0.05, 0) is 22.0 Å². The van der Waals surface area contributed by atoms with Gasteiger partial charge in [-0.2, -0.15) is 0 Å². The normalized spacial score (nSPS) is 10.8. The van der Waals surface area contributed by atoms with E-state index in [9.17, 15) is 14.7 Å². The van der Waals surface area contributed by atoms with E-state index in [0.29, 0.717) is 0 Å². The largest absolute Gasteiger partial charge is 0.504 e. The lowest BCUT2D eigenvalue weighted by atomic mass is 10.2. The number of halogens is 3. The molecule has 0 radical (unpaired) electrons. The van der Waals surface area contributed by atoms with Crippen LogP contribution in [-0.2, 0) is 0 Å². The average molecular weight is 337 g/mol. The van der Waals surface area contributed by atoms with Gasteiger partial charge in [0.25, 0.3) is 5.56 Å². The molecule has 88 valence electrons. The number of aromatic amines is 1. The van der Waals surface area contributed by atoms with E-state index in [-0.39, 0.29) is 25.4 Å². The number of nitrogens with one attached hydrogen (secondary N) is 1. The molecule has 0 aliphatic heterocycles. The van der Waals surface area contributed by atoms with Crippen molar-refractivity contribution in [3.63, 3.8) is 0 Å². The fourth-order valence-electron chi connectivity index (χ4n) is 1.40. The fraction of sp³-hybridized carbons (Fsp3) is 0. The van der Waals surface area contributed by atoms with Crippen LogP contribution in [0.3, 0.4) is 0 Å². The summed E-state index contributed by atoms with van der Waals surface area (Å²) in [5.74, 6) is -0.652. The highest BCUT2D eigenvalue weighted by Crippen LogP contribution is 2.34. The van der Waals surface area contributed by atoms with Crippen molar-refractivity contribution in [2.45, 2.75) is 0 Å². The molecule has 0 atom stereocenters. The summed E-state index contributed by atoms with van der Waals surface area (Å²) in [7, 11) is 0. The first-order valence-corrected chi connectivity index (χ1v) is 5.90. The Morgan fingerprint density at radius 3 is 2.53 bits per heavy atom. The molecule has 0 spiro atoms. The van der Waals surface area contributed by atoms with Crippen molar-refractivity contribution in [3.05, 3.63) is 47.2 Å². The molecule has 1 aromatic heterocycles. The SMILES string of the molecule is O=c1cc(O)c(=O)c2c(Br)c(Cl)c(Cl)cc2[nH]1. The molecule has 1 heterocycles. The fourth-order valence-corrected chi connectivity index (χ4v) is 2.48. The monoisotopic (exact) mass is 335 g/mol. The quantitative estimate of drug-likeness (QED) is 0.726. The maximum Gasteiger partial charge on any atom is 0.252 e. The predicted molar refractivity (Wildman–Crippen MR) is 70.2 cm³/mol. The molecule has 1 aromatic carbocycles. The number of H-pyrrole nitrogens is 1. The van der Waals surface area contributed by atoms with Gasteiger partial charge in [-0.25, -0.2) is 0 Å². The lowest BCUT2D eigenvalue weighted by Crippen LogP contribution is -1.98. The number of rotatable bonds is 0. The summed E-state index contributed by atoms with van der Waals surface area (Å²) in [6, 6.07) is 2.16. The van der Waals surface area contributed by atoms with E-state index in [1.54, 1.807) is 0 Å². The van der Waals surface area contributed by atoms with Crippen LogP contribution in [0.2, 0.25) is 10.0 Å². The number of fused-ring (bicyclic) bond motifs is 1. The second kappa shape index (κ2) is 4.33. The average Bonchev–Trinajstić information content (AvgIpc) is 2.34. The van der Waals surface area contributed by atoms with Gasteiger partial charge in [0.2, 0.25) is 5.43 Å². The number of aromatic nitrogens is 1. The molecule has 0 aliphatic rings. The van der Waals surface area contributed by atoms with Crippen LogP contribution in [0.5, 0.6) is 5.75 Å². The van der Waals surface area contributed by atoms with Crippen molar-refractivity contribution in [2.75, 3.05) is 0 Å². The van der Waals surface area contributed by atoms with E-state index in [4.69, 9.17) is 23.2 Å². The van der Waals surface area contributed by atoms with Crippen LogP contribution in [0.15, 0.2) is 26.2 Å². The lowest BCUT2D eigenvalue weighted by molar-refractivity contribution is 0.471. The minimum atomic E-state index is -0.705. The van der Waals surface area contributed by atoms with E-state index < -0.39 is 16.7 Å². The van der Waals surface area contributed by atoms with Gasteiger partial charge < -0.3 is 10.1 Å². The minimum absolute atomic E-state index is 0.0685. The molecule has 0 aliphatic carbocycles. The van der Waals surface area contributed by atoms with Gasteiger partial charge in [0.1, 0.15) is 0 Å². The van der Waals surface area contributed by atoms with Crippen LogP contribution in [-0.4, -0.2) is 10.1 Å². The Morgan fingerprint density at radius 1 is 1.24 bits per heavy atom. The second-order valence-electron chi connectivity index (χ2n) is 3.26. The minimum Gasteiger partial charge on any atom is -0.504 e. The van der Waals surface area contributed by atoms with E-state index in [2.05, 4.69) is 20.9 Å². The molecule has 2 rings (SSSR count). The maximum atomic E-state index is 11.8. The Kier molecular flexibility index (Phi) is 3.16. The highest BCUT2D eigenvalue weighted by Gasteiger charge is 2.13. The van der Waals surface area contributed by atoms with Crippen molar-refractivity contribution in [1.29, 1.82) is 0 Å². The maximum absolute atomic E-state index is 11.8. The van der Waals surface area contributed by atoms with Crippen LogP contribution >= 0.6 is 39.1 Å². The molecule has 7 heteroatoms. The molecule has 4 nitrogen and oxygen atoms in total. The first kappa shape index (κ1) is 12.4. The predicted octanol–water partition coefficient (Wildman–Crippen LogP) is 2.66. The molecule has 0 amide bonds. The van der Waals surface area contributed by atoms with Gasteiger partial charge in [0.05, 0.1) is 25.4 Å². The number of benzene rings is 1. The number of hydrogen-bond acceptors (Lipinski definition) is 3. The Morgan fingerprint density at radius 2 is 1.88 bits per heavy atom. The molecule has 0 saturated heterocycles. The summed E-state index contributed by atoms with van der Waals surface area (Å²) in [4.78, 5) is 25.6. The van der Waals surface area contributed by atoms with E-state index in [1.165, 1.54) is 6.07 Å². The zero-order valence-electron chi connectivity index (χ0n) is 8.05. The molecule has 0 saturated carbocycles. The molecule has 0 fully saturated rings. The van der Waals surface area contributed by atoms with Crippen molar-refractivity contribution in [3.8, 4) is 5.75 Å². The third kappa shape index (κ3) is 2.06. The van der Waals surface area contributed by atoms with Crippen molar-refractivity contribution >= 4 is 50.0 Å². The zero-order valence-corrected chi connectivity index (χ0v) is 11.2. The topological polar surface area (TPSA) is 70.2 Å². The molecule has 0 unspecified atom stereocenters. The van der Waals surface area contributed by atoms with E-state index in [1.807, 2.05) is 0 Å². The molecule has 17 heavy (non-hydrogen) atoms. The number of hydrogen-bond donors (Lipinski definition) is 2. The Bertz CT molecular complexity index is 742. The summed E-state index contributed by atoms with van der Waals surface area (Å²) in [6.07, 6.45) is 0. The van der Waals surface area contributed by atoms with E-state index in [0.717, 1.165) is 6.07 Å². The third-order valence-corrected chi connectivity index (χ3v) is 3.96. The van der Waals surface area contributed by atoms with Gasteiger partial charge in [-0.15, -0.1) is 0 Å². The smallest absolute Gasteiger partial charge is 0.252 e. The second-order valence-corrected chi connectivity index (χ2v) is 4.84. The van der Waals surface area contributed by atoms with Crippen LogP contribution in [0, 0.1) is 0 Å². The number of aromatic hydroxyl groups is 1. The summed E-state index contributed by atoms with van der Waals surface area (Å²) < 4.78 is 0.230. The molecular weight excluding hydrogens is 333 g/mol. The van der Waals surface area contributed by atoms with Crippen LogP contribution in [0.4, 0.5) is 0 Å². The Labute approximate surface area is 113 Å². The highest BCUT2D eigenvalue weighted by molar-refractivity contribution is 9.10. The summed E-state index contributed by atoms with van der Waals surface area (Å²) in [6.45, 7) is 0. The van der Waals surface area contributed by atoms with Gasteiger partial charge in [0.15, 0.2) is 5.75 Å². The van der Waals surface area contributed by atoms with Gasteiger partial charge in [-0.3, -0.25) is 9.59 Å². The Balaban J connectivity index is 3.22. The molecule has 2 N–H and O–H groups in total. The highest BCUT2D eigenvalue weighted by atomic mass is 79.9. The Hall–Kier alpha value is -1.04. The van der Waals surface area contributed by atoms with Crippen LogP contribution in [0.1, 0.15) is 0 Å². The van der Waals surface area contributed by atoms with Crippen LogP contribution < -0.4 is 11.0 Å². The zero-order chi connectivity index (χ0) is 12.7. The third-order valence-electron chi connectivity index (χ3n) is 2.15. The summed E-state index contributed by atoms with van der Waals surface area (Å²) in [5.41, 5.74) is -1.12. The summed E-state index contributed by atoms with van der Waals surface area (Å²) >= 11 is 14.8. The standard InChI is InChI=1S/C10H4BrCl2NO3/c11-8-7-4(1-3(12)9(8)13)14-6(16)2-5(15)10(7)17/h1-2H,(H,14,16)(H,15,17). The molecule has 2 aromatic rings. The molecular formula is C10H4BrCl2NO3. The first-order valence-electron chi connectivity index (χ1n) is 4.35. The van der Waals surface area contributed by atoms with Crippen LogP contribution in [0.25, 0.3) is 10.9 Å². The first-order chi connectivity index (χ1) is 7.91. The summed E-state index contributed by atoms with van der Waals surface area (Å²) in [5, 5.41) is 9.81. The van der Waals surface area contributed by atoms with Crippen molar-refractivity contribution in [1.82, 2.24) is 4.98 Å². The van der Waals surface area contributed by atoms with E-state index >= 15 is 0 Å². The molecule has 0 bridgehead atoms. The van der Waals surface area contributed by atoms with Crippen molar-refractivity contribution < 1.29 is 5.11 Å².